The maximum atomic E-state index is 13.2. The summed E-state index contributed by atoms with van der Waals surface area (Å²) in [7, 11) is 0. The van der Waals surface area contributed by atoms with Gasteiger partial charge in [-0.25, -0.2) is 4.39 Å². The first-order valence-corrected chi connectivity index (χ1v) is 8.21. The predicted octanol–water partition coefficient (Wildman–Crippen LogP) is 3.85. The zero-order valence-electron chi connectivity index (χ0n) is 14.1. The summed E-state index contributed by atoms with van der Waals surface area (Å²) in [5.74, 6) is -0.826. The van der Waals surface area contributed by atoms with Gasteiger partial charge in [-0.2, -0.15) is 13.2 Å². The lowest BCUT2D eigenvalue weighted by Crippen LogP contribution is -2.34. The molecule has 2 aromatic carbocycles. The number of amides is 1. The quantitative estimate of drug-likeness (QED) is 0.802. The molecule has 0 bridgehead atoms. The summed E-state index contributed by atoms with van der Waals surface area (Å²) in [6, 6.07) is 10.8. The van der Waals surface area contributed by atoms with E-state index in [4.69, 9.17) is 4.84 Å². The third kappa shape index (κ3) is 5.06. The van der Waals surface area contributed by atoms with Crippen molar-refractivity contribution in [2.45, 2.75) is 31.7 Å². The van der Waals surface area contributed by atoms with E-state index in [1.807, 2.05) is 0 Å². The highest BCUT2D eigenvalue weighted by Gasteiger charge is 2.31. The molecule has 1 N–H and O–H groups in total. The highest BCUT2D eigenvalue weighted by atomic mass is 19.4. The van der Waals surface area contributed by atoms with E-state index in [0.717, 1.165) is 12.1 Å². The van der Waals surface area contributed by atoms with E-state index < -0.39 is 23.8 Å². The maximum absolute atomic E-state index is 13.2. The zero-order valence-corrected chi connectivity index (χ0v) is 14.1. The van der Waals surface area contributed by atoms with Crippen LogP contribution in [0.25, 0.3) is 0 Å². The second-order valence-electron chi connectivity index (χ2n) is 6.18. The monoisotopic (exact) mass is 380 g/mol. The van der Waals surface area contributed by atoms with Gasteiger partial charge in [-0.3, -0.25) is 4.79 Å². The first-order valence-electron chi connectivity index (χ1n) is 8.21. The fourth-order valence-electron chi connectivity index (χ4n) is 2.71. The molecule has 0 radical (unpaired) electrons. The fraction of sp³-hybridized carbons (Fsp3) is 0.263. The van der Waals surface area contributed by atoms with E-state index in [1.54, 1.807) is 12.1 Å². The summed E-state index contributed by atoms with van der Waals surface area (Å²) < 4.78 is 51.3. The molecule has 0 aromatic heterocycles. The van der Waals surface area contributed by atoms with Crippen LogP contribution in [0, 0.1) is 5.82 Å². The molecule has 1 aliphatic rings. The molecule has 0 aliphatic carbocycles. The molecule has 3 rings (SSSR count). The van der Waals surface area contributed by atoms with Gasteiger partial charge in [0.1, 0.15) is 5.82 Å². The molecule has 1 heterocycles. The normalized spacial score (nSPS) is 16.6. The summed E-state index contributed by atoms with van der Waals surface area (Å²) in [5, 5.41) is 6.40. The van der Waals surface area contributed by atoms with Crippen LogP contribution in [-0.2, 0) is 28.8 Å². The second-order valence-corrected chi connectivity index (χ2v) is 6.18. The first-order chi connectivity index (χ1) is 12.8. The van der Waals surface area contributed by atoms with E-state index in [2.05, 4.69) is 10.5 Å². The number of oxime groups is 1. The van der Waals surface area contributed by atoms with Gasteiger partial charge in [0.15, 0.2) is 0 Å². The minimum atomic E-state index is -4.44. The van der Waals surface area contributed by atoms with Crippen LogP contribution in [0.4, 0.5) is 17.6 Å². The standard InChI is InChI=1S/C19H16F4N2O2/c20-15-6-2-3-12(8-15)9-16-10-17(27-25-16)18(26)24-11-13-4-1-5-14(7-13)19(21,22)23/h1-8,17H,9-11H2,(H,24,26)/t17-/m1/s1. The first kappa shape index (κ1) is 18.9. The van der Waals surface area contributed by atoms with Gasteiger partial charge in [0, 0.05) is 19.4 Å². The van der Waals surface area contributed by atoms with Gasteiger partial charge >= 0.3 is 6.18 Å². The van der Waals surface area contributed by atoms with Gasteiger partial charge in [-0.1, -0.05) is 29.4 Å². The number of nitrogens with zero attached hydrogens (tertiary/aromatic N) is 1. The minimum absolute atomic E-state index is 0.0537. The van der Waals surface area contributed by atoms with Gasteiger partial charge in [0.05, 0.1) is 11.3 Å². The van der Waals surface area contributed by atoms with Gasteiger partial charge in [0.25, 0.3) is 5.91 Å². The Balaban J connectivity index is 1.51. The lowest BCUT2D eigenvalue weighted by molar-refractivity contribution is -0.137. The van der Waals surface area contributed by atoms with Crippen LogP contribution in [0.15, 0.2) is 53.7 Å². The second kappa shape index (κ2) is 7.77. The molecule has 0 unspecified atom stereocenters. The molecular weight excluding hydrogens is 364 g/mol. The number of alkyl halides is 3. The number of rotatable bonds is 5. The molecule has 0 fully saturated rings. The smallest absolute Gasteiger partial charge is 0.382 e. The number of hydrogen-bond acceptors (Lipinski definition) is 3. The maximum Gasteiger partial charge on any atom is 0.416 e. The van der Waals surface area contributed by atoms with Gasteiger partial charge < -0.3 is 10.2 Å². The molecule has 142 valence electrons. The lowest BCUT2D eigenvalue weighted by Gasteiger charge is -2.11. The van der Waals surface area contributed by atoms with E-state index in [1.165, 1.54) is 24.3 Å². The van der Waals surface area contributed by atoms with Crippen molar-refractivity contribution in [3.63, 3.8) is 0 Å². The topological polar surface area (TPSA) is 50.7 Å². The Morgan fingerprint density at radius 3 is 2.63 bits per heavy atom. The number of nitrogens with one attached hydrogen (secondary N) is 1. The summed E-state index contributed by atoms with van der Waals surface area (Å²) in [6.07, 6.45) is -4.69. The average molecular weight is 380 g/mol. The van der Waals surface area contributed by atoms with Gasteiger partial charge in [-0.05, 0) is 35.4 Å². The van der Waals surface area contributed by atoms with Crippen molar-refractivity contribution in [2.24, 2.45) is 5.16 Å². The van der Waals surface area contributed by atoms with Gasteiger partial charge in [-0.15, -0.1) is 0 Å². The Morgan fingerprint density at radius 1 is 1.15 bits per heavy atom. The lowest BCUT2D eigenvalue weighted by atomic mass is 10.0. The summed E-state index contributed by atoms with van der Waals surface area (Å²) >= 11 is 0. The Bertz CT molecular complexity index is 865. The largest absolute Gasteiger partial charge is 0.416 e. The molecule has 4 nitrogen and oxygen atoms in total. The number of benzene rings is 2. The van der Waals surface area contributed by atoms with Gasteiger partial charge in [0.2, 0.25) is 6.10 Å². The van der Waals surface area contributed by atoms with Crippen LogP contribution in [0.2, 0.25) is 0 Å². The van der Waals surface area contributed by atoms with Crippen molar-refractivity contribution in [2.75, 3.05) is 0 Å². The Morgan fingerprint density at radius 2 is 1.89 bits per heavy atom. The fourth-order valence-corrected chi connectivity index (χ4v) is 2.71. The Kier molecular flexibility index (Phi) is 5.43. The third-order valence-corrected chi connectivity index (χ3v) is 4.04. The third-order valence-electron chi connectivity index (χ3n) is 4.04. The number of carbonyl (C=O) groups is 1. The molecular formula is C19H16F4N2O2. The molecule has 8 heteroatoms. The zero-order chi connectivity index (χ0) is 19.4. The number of halogens is 4. The van der Waals surface area contributed by atoms with Crippen LogP contribution >= 0.6 is 0 Å². The SMILES string of the molecule is O=C(NCc1cccc(C(F)(F)F)c1)[C@H]1CC(Cc2cccc(F)c2)=NO1. The molecule has 1 aliphatic heterocycles. The average Bonchev–Trinajstić information content (AvgIpc) is 3.08. The van der Waals surface area contributed by atoms with Crippen LogP contribution in [0.1, 0.15) is 23.1 Å². The van der Waals surface area contributed by atoms with E-state index in [0.29, 0.717) is 23.3 Å². The van der Waals surface area contributed by atoms with Crippen molar-refractivity contribution >= 4 is 11.6 Å². The summed E-state index contributed by atoms with van der Waals surface area (Å²) in [4.78, 5) is 17.3. The Hall–Kier alpha value is -2.90. The number of carbonyl (C=O) groups excluding carboxylic acids is 1. The molecule has 2 aromatic rings. The molecule has 1 amide bonds. The van der Waals surface area contributed by atoms with Crippen LogP contribution in [-0.4, -0.2) is 17.7 Å². The Labute approximate surface area is 152 Å². The minimum Gasteiger partial charge on any atom is -0.382 e. The van der Waals surface area contributed by atoms with Crippen molar-refractivity contribution in [3.05, 3.63) is 71.0 Å². The van der Waals surface area contributed by atoms with Crippen molar-refractivity contribution in [1.82, 2.24) is 5.32 Å². The van der Waals surface area contributed by atoms with Crippen LogP contribution < -0.4 is 5.32 Å². The van der Waals surface area contributed by atoms with E-state index in [9.17, 15) is 22.4 Å². The van der Waals surface area contributed by atoms with E-state index in [-0.39, 0.29) is 18.8 Å². The predicted molar refractivity (Wildman–Crippen MR) is 90.3 cm³/mol. The van der Waals surface area contributed by atoms with Crippen molar-refractivity contribution in [3.8, 4) is 0 Å². The van der Waals surface area contributed by atoms with Crippen LogP contribution in [0.5, 0.6) is 0 Å². The van der Waals surface area contributed by atoms with Crippen molar-refractivity contribution in [1.29, 1.82) is 0 Å². The molecule has 0 spiro atoms. The van der Waals surface area contributed by atoms with Crippen molar-refractivity contribution < 1.29 is 27.2 Å². The molecule has 0 saturated heterocycles. The number of hydrogen-bond donors (Lipinski definition) is 1. The van der Waals surface area contributed by atoms with Crippen LogP contribution in [0.3, 0.4) is 0 Å². The summed E-state index contributed by atoms with van der Waals surface area (Å²) in [5.41, 5.74) is 0.867. The summed E-state index contributed by atoms with van der Waals surface area (Å²) in [6.45, 7) is -0.0537. The highest BCUT2D eigenvalue weighted by molar-refractivity contribution is 5.93. The molecule has 0 saturated carbocycles. The molecule has 27 heavy (non-hydrogen) atoms. The highest BCUT2D eigenvalue weighted by Crippen LogP contribution is 2.29. The van der Waals surface area contributed by atoms with E-state index >= 15 is 0 Å². The molecule has 1 atom stereocenters.